The van der Waals surface area contributed by atoms with Crippen LogP contribution in [0.5, 0.6) is 17.5 Å². The van der Waals surface area contributed by atoms with E-state index in [1.165, 1.54) is 0 Å². The van der Waals surface area contributed by atoms with Gasteiger partial charge in [-0.25, -0.2) is 4.98 Å². The van der Waals surface area contributed by atoms with E-state index in [0.717, 1.165) is 33.2 Å². The number of fused-ring (bicyclic) bond motifs is 3. The van der Waals surface area contributed by atoms with E-state index in [1.807, 2.05) is 66.9 Å². The van der Waals surface area contributed by atoms with Gasteiger partial charge in [0.25, 0.3) is 0 Å². The molecule has 1 N–H and O–H groups in total. The lowest BCUT2D eigenvalue weighted by Gasteiger charge is -2.21. The summed E-state index contributed by atoms with van der Waals surface area (Å²) in [5.41, 5.74) is 4.26. The average molecular weight is 487 g/mol. The van der Waals surface area contributed by atoms with Crippen molar-refractivity contribution in [1.82, 2.24) is 19.5 Å². The zero-order valence-corrected chi connectivity index (χ0v) is 20.9. The molecular formula is C31H26N4O2. The van der Waals surface area contributed by atoms with E-state index in [4.69, 9.17) is 14.7 Å². The zero-order valence-electron chi connectivity index (χ0n) is 20.9. The Balaban J connectivity index is 1.45. The molecule has 0 saturated heterocycles. The summed E-state index contributed by atoms with van der Waals surface area (Å²) in [6.07, 6.45) is 3.68. The maximum absolute atomic E-state index is 10.5. The molecule has 182 valence electrons. The van der Waals surface area contributed by atoms with E-state index in [-0.39, 0.29) is 11.2 Å². The molecule has 2 aromatic carbocycles. The predicted molar refractivity (Wildman–Crippen MR) is 146 cm³/mol. The highest BCUT2D eigenvalue weighted by Gasteiger charge is 2.19. The Morgan fingerprint density at radius 1 is 0.757 bits per heavy atom. The van der Waals surface area contributed by atoms with Gasteiger partial charge in [-0.2, -0.15) is 4.98 Å². The monoisotopic (exact) mass is 486 g/mol. The number of ether oxygens (including phenoxy) is 1. The van der Waals surface area contributed by atoms with Crippen LogP contribution in [0.3, 0.4) is 0 Å². The SMILES string of the molecule is CC(C)(C)c1cc(Oc2cccc(-n3c4ccccc4c4cnccc43)n2)nc(-c2ccccc2O)c1. The Hall–Kier alpha value is -4.71. The molecule has 0 radical (unpaired) electrons. The molecule has 0 bridgehead atoms. The number of pyridine rings is 3. The third kappa shape index (κ3) is 4.16. The second-order valence-electron chi connectivity index (χ2n) is 10.0. The van der Waals surface area contributed by atoms with Crippen molar-refractivity contribution < 1.29 is 9.84 Å². The topological polar surface area (TPSA) is 73.1 Å². The molecule has 0 saturated carbocycles. The van der Waals surface area contributed by atoms with Crippen LogP contribution < -0.4 is 4.74 Å². The molecule has 0 aliphatic rings. The molecule has 4 heterocycles. The van der Waals surface area contributed by atoms with Crippen LogP contribution in [-0.4, -0.2) is 24.6 Å². The summed E-state index contributed by atoms with van der Waals surface area (Å²) >= 11 is 0. The molecular weight excluding hydrogens is 460 g/mol. The van der Waals surface area contributed by atoms with E-state index >= 15 is 0 Å². The molecule has 4 aromatic heterocycles. The first-order chi connectivity index (χ1) is 17.9. The second kappa shape index (κ2) is 8.75. The molecule has 0 unspecified atom stereocenters. The van der Waals surface area contributed by atoms with E-state index in [9.17, 15) is 5.11 Å². The molecule has 6 aromatic rings. The zero-order chi connectivity index (χ0) is 25.6. The van der Waals surface area contributed by atoms with Gasteiger partial charge in [0.05, 0.1) is 16.7 Å². The molecule has 0 aliphatic carbocycles. The van der Waals surface area contributed by atoms with Gasteiger partial charge in [-0.15, -0.1) is 0 Å². The highest BCUT2D eigenvalue weighted by atomic mass is 16.5. The summed E-state index contributed by atoms with van der Waals surface area (Å²) in [5, 5.41) is 12.6. The van der Waals surface area contributed by atoms with Gasteiger partial charge in [-0.1, -0.05) is 57.2 Å². The fraction of sp³-hybridized carbons (Fsp3) is 0.129. The normalized spacial score (nSPS) is 11.8. The molecule has 0 fully saturated rings. The fourth-order valence-corrected chi connectivity index (χ4v) is 4.57. The quantitative estimate of drug-likeness (QED) is 0.280. The van der Waals surface area contributed by atoms with Crippen LogP contribution in [0.1, 0.15) is 26.3 Å². The summed E-state index contributed by atoms with van der Waals surface area (Å²) < 4.78 is 8.37. The minimum Gasteiger partial charge on any atom is -0.507 e. The van der Waals surface area contributed by atoms with Crippen LogP contribution >= 0.6 is 0 Å². The molecule has 0 spiro atoms. The summed E-state index contributed by atoms with van der Waals surface area (Å²) in [4.78, 5) is 13.9. The molecule has 6 nitrogen and oxygen atoms in total. The fourth-order valence-electron chi connectivity index (χ4n) is 4.57. The van der Waals surface area contributed by atoms with Crippen LogP contribution in [0, 0.1) is 0 Å². The minimum absolute atomic E-state index is 0.146. The lowest BCUT2D eigenvalue weighted by atomic mass is 9.86. The van der Waals surface area contributed by atoms with Crippen LogP contribution in [0.15, 0.2) is 97.3 Å². The summed E-state index contributed by atoms with van der Waals surface area (Å²) in [7, 11) is 0. The lowest BCUT2D eigenvalue weighted by Crippen LogP contribution is -2.12. The van der Waals surface area contributed by atoms with Gasteiger partial charge in [0, 0.05) is 40.9 Å². The van der Waals surface area contributed by atoms with Crippen molar-refractivity contribution in [3.8, 4) is 34.6 Å². The first kappa shape index (κ1) is 22.7. The highest BCUT2D eigenvalue weighted by molar-refractivity contribution is 6.08. The number of rotatable bonds is 4. The number of aromatic nitrogens is 4. The number of hydrogen-bond donors (Lipinski definition) is 1. The number of phenols is 1. The van der Waals surface area contributed by atoms with Crippen LogP contribution in [0.25, 0.3) is 38.9 Å². The lowest BCUT2D eigenvalue weighted by molar-refractivity contribution is 0.441. The van der Waals surface area contributed by atoms with Crippen molar-refractivity contribution in [2.24, 2.45) is 0 Å². The van der Waals surface area contributed by atoms with Gasteiger partial charge in [0.2, 0.25) is 11.8 Å². The summed E-state index contributed by atoms with van der Waals surface area (Å²) in [6.45, 7) is 6.41. The molecule has 6 heteroatoms. The predicted octanol–water partition coefficient (Wildman–Crippen LogP) is 7.43. The van der Waals surface area contributed by atoms with Gasteiger partial charge in [0.1, 0.15) is 11.6 Å². The largest absolute Gasteiger partial charge is 0.507 e. The van der Waals surface area contributed by atoms with Gasteiger partial charge >= 0.3 is 0 Å². The first-order valence-corrected chi connectivity index (χ1v) is 12.2. The van der Waals surface area contributed by atoms with Crippen molar-refractivity contribution in [2.75, 3.05) is 0 Å². The van der Waals surface area contributed by atoms with Gasteiger partial charge < -0.3 is 9.84 Å². The Bertz CT molecular complexity index is 1710. The minimum atomic E-state index is -0.146. The Labute approximate surface area is 214 Å². The average Bonchev–Trinajstić information content (AvgIpc) is 3.23. The van der Waals surface area contributed by atoms with E-state index in [0.29, 0.717) is 23.0 Å². The highest BCUT2D eigenvalue weighted by Crippen LogP contribution is 2.35. The smallest absolute Gasteiger partial charge is 0.223 e. The van der Waals surface area contributed by atoms with Gasteiger partial charge in [0.15, 0.2) is 0 Å². The molecule has 0 atom stereocenters. The van der Waals surface area contributed by atoms with Crippen LogP contribution in [0.2, 0.25) is 0 Å². The molecule has 0 aliphatic heterocycles. The maximum atomic E-state index is 10.5. The third-order valence-corrected chi connectivity index (χ3v) is 6.47. The van der Waals surface area contributed by atoms with Crippen molar-refractivity contribution in [2.45, 2.75) is 26.2 Å². The van der Waals surface area contributed by atoms with Crippen LogP contribution in [0.4, 0.5) is 0 Å². The number of aromatic hydroxyl groups is 1. The molecule has 37 heavy (non-hydrogen) atoms. The van der Waals surface area contributed by atoms with Gasteiger partial charge in [-0.3, -0.25) is 9.55 Å². The number of hydrogen-bond acceptors (Lipinski definition) is 5. The second-order valence-corrected chi connectivity index (χ2v) is 10.0. The van der Waals surface area contributed by atoms with Crippen molar-refractivity contribution >= 4 is 21.8 Å². The standard InChI is InChI=1S/C31H26N4O2/c1-31(2,3)20-17-24(22-10-5-7-12-27(22)36)33-30(18-20)37-29-14-8-13-28(34-29)35-25-11-6-4-9-21(25)23-19-32-16-15-26(23)35/h4-19,36H,1-3H3. The van der Waals surface area contributed by atoms with E-state index in [2.05, 4.69) is 42.5 Å². The molecule has 6 rings (SSSR count). The van der Waals surface area contributed by atoms with Crippen LogP contribution in [-0.2, 0) is 5.41 Å². The Kier molecular flexibility index (Phi) is 5.37. The van der Waals surface area contributed by atoms with Crippen molar-refractivity contribution in [1.29, 1.82) is 0 Å². The number of para-hydroxylation sites is 2. The Morgan fingerprint density at radius 2 is 1.54 bits per heavy atom. The molecule has 0 amide bonds. The number of nitrogens with zero attached hydrogens (tertiary/aromatic N) is 4. The third-order valence-electron chi connectivity index (χ3n) is 6.47. The van der Waals surface area contributed by atoms with E-state index < -0.39 is 0 Å². The number of benzene rings is 2. The van der Waals surface area contributed by atoms with E-state index in [1.54, 1.807) is 18.3 Å². The number of phenolic OH excluding ortho intramolecular Hbond substituents is 1. The first-order valence-electron chi connectivity index (χ1n) is 12.2. The van der Waals surface area contributed by atoms with Crippen molar-refractivity contribution in [3.63, 3.8) is 0 Å². The summed E-state index contributed by atoms with van der Waals surface area (Å²) in [5.74, 6) is 1.76. The summed E-state index contributed by atoms with van der Waals surface area (Å²) in [6, 6.07) is 27.1. The Morgan fingerprint density at radius 3 is 2.38 bits per heavy atom. The maximum Gasteiger partial charge on any atom is 0.223 e. The van der Waals surface area contributed by atoms with Gasteiger partial charge in [-0.05, 0) is 47.4 Å². The van der Waals surface area contributed by atoms with Crippen molar-refractivity contribution in [3.05, 3.63) is 103 Å².